The van der Waals surface area contributed by atoms with Gasteiger partial charge < -0.3 is 9.47 Å². The molecule has 1 aromatic rings. The Kier molecular flexibility index (Phi) is 4.01. The van der Waals surface area contributed by atoms with Crippen molar-refractivity contribution in [2.24, 2.45) is 0 Å². The van der Waals surface area contributed by atoms with Crippen molar-refractivity contribution in [3.05, 3.63) is 29.6 Å². The van der Waals surface area contributed by atoms with Crippen molar-refractivity contribution < 1.29 is 14.3 Å². The Labute approximate surface area is 95.6 Å². The summed E-state index contributed by atoms with van der Waals surface area (Å²) in [5.41, 5.74) is 0.807. The van der Waals surface area contributed by atoms with Crippen LogP contribution in [0.5, 0.6) is 0 Å². The van der Waals surface area contributed by atoms with Crippen LogP contribution >= 0.6 is 0 Å². The Morgan fingerprint density at radius 2 is 2.12 bits per heavy atom. The molecule has 0 spiro atoms. The van der Waals surface area contributed by atoms with E-state index < -0.39 is 5.97 Å². The molecule has 0 amide bonds. The minimum Gasteiger partial charge on any atom is -0.464 e. The summed E-state index contributed by atoms with van der Waals surface area (Å²) in [7, 11) is 1.34. The predicted molar refractivity (Wildman–Crippen MR) is 60.1 cm³/mol. The van der Waals surface area contributed by atoms with Crippen LogP contribution in [-0.4, -0.2) is 23.7 Å². The number of hydrogen-bond donors (Lipinski definition) is 0. The van der Waals surface area contributed by atoms with Gasteiger partial charge in [-0.1, -0.05) is 6.07 Å². The second kappa shape index (κ2) is 5.07. The van der Waals surface area contributed by atoms with Gasteiger partial charge in [0.05, 0.1) is 19.3 Å². The molecule has 16 heavy (non-hydrogen) atoms. The molecule has 1 rings (SSSR count). The van der Waals surface area contributed by atoms with E-state index >= 15 is 0 Å². The van der Waals surface area contributed by atoms with Crippen molar-refractivity contribution in [1.82, 2.24) is 4.98 Å². The first-order valence-corrected chi connectivity index (χ1v) is 5.10. The predicted octanol–water partition coefficient (Wildman–Crippen LogP) is 2.18. The Hall–Kier alpha value is -1.42. The standard InChI is InChI=1S/C12H17NO3/c1-12(2,3)16-8-9-6-5-7-13-10(9)11(14)15-4/h5-7H,8H2,1-4H3. The van der Waals surface area contributed by atoms with E-state index in [4.69, 9.17) is 4.74 Å². The molecule has 0 atom stereocenters. The van der Waals surface area contributed by atoms with Crippen LogP contribution in [0.2, 0.25) is 0 Å². The number of carbonyl (C=O) groups excluding carboxylic acids is 1. The third-order valence-electron chi connectivity index (χ3n) is 1.93. The number of carbonyl (C=O) groups is 1. The Bertz CT molecular complexity index is 369. The first-order valence-electron chi connectivity index (χ1n) is 5.10. The monoisotopic (exact) mass is 223 g/mol. The Balaban J connectivity index is 2.83. The number of nitrogens with zero attached hydrogens (tertiary/aromatic N) is 1. The second-order valence-corrected chi connectivity index (χ2v) is 4.40. The van der Waals surface area contributed by atoms with E-state index in [0.717, 1.165) is 5.56 Å². The SMILES string of the molecule is COC(=O)c1ncccc1COC(C)(C)C. The number of methoxy groups -OCH3 is 1. The zero-order valence-electron chi connectivity index (χ0n) is 10.1. The van der Waals surface area contributed by atoms with Crippen LogP contribution in [0.15, 0.2) is 18.3 Å². The zero-order valence-corrected chi connectivity index (χ0v) is 10.1. The van der Waals surface area contributed by atoms with Crippen molar-refractivity contribution in [3.63, 3.8) is 0 Å². The fourth-order valence-corrected chi connectivity index (χ4v) is 1.13. The number of ether oxygens (including phenoxy) is 2. The maximum Gasteiger partial charge on any atom is 0.357 e. The fraction of sp³-hybridized carbons (Fsp3) is 0.500. The van der Waals surface area contributed by atoms with Gasteiger partial charge in [-0.25, -0.2) is 9.78 Å². The second-order valence-electron chi connectivity index (χ2n) is 4.40. The molecular formula is C12H17NO3. The summed E-state index contributed by atoms with van der Waals surface area (Å²) < 4.78 is 10.3. The van der Waals surface area contributed by atoms with Crippen LogP contribution in [0.4, 0.5) is 0 Å². The van der Waals surface area contributed by atoms with E-state index in [-0.39, 0.29) is 5.60 Å². The summed E-state index contributed by atoms with van der Waals surface area (Å²) in [5, 5.41) is 0. The van der Waals surface area contributed by atoms with E-state index in [1.165, 1.54) is 7.11 Å². The minimum absolute atomic E-state index is 0.247. The average Bonchev–Trinajstić information content (AvgIpc) is 2.25. The molecule has 0 radical (unpaired) electrons. The molecule has 0 saturated carbocycles. The van der Waals surface area contributed by atoms with Crippen LogP contribution < -0.4 is 0 Å². The molecular weight excluding hydrogens is 206 g/mol. The Morgan fingerprint density at radius 1 is 1.44 bits per heavy atom. The minimum atomic E-state index is -0.437. The van der Waals surface area contributed by atoms with E-state index in [1.54, 1.807) is 12.3 Å². The summed E-state index contributed by atoms with van der Waals surface area (Å²) in [5.74, 6) is -0.437. The molecule has 1 aromatic heterocycles. The lowest BCUT2D eigenvalue weighted by Gasteiger charge is -2.20. The van der Waals surface area contributed by atoms with E-state index in [2.05, 4.69) is 9.72 Å². The maximum absolute atomic E-state index is 11.4. The lowest BCUT2D eigenvalue weighted by atomic mass is 10.1. The lowest BCUT2D eigenvalue weighted by Crippen LogP contribution is -2.20. The van der Waals surface area contributed by atoms with Gasteiger partial charge in [0.2, 0.25) is 0 Å². The largest absolute Gasteiger partial charge is 0.464 e. The summed E-state index contributed by atoms with van der Waals surface area (Å²) in [6.45, 7) is 6.23. The highest BCUT2D eigenvalue weighted by molar-refractivity contribution is 5.88. The highest BCUT2D eigenvalue weighted by Crippen LogP contribution is 2.14. The quantitative estimate of drug-likeness (QED) is 0.737. The van der Waals surface area contributed by atoms with Gasteiger partial charge >= 0.3 is 5.97 Å². The maximum atomic E-state index is 11.4. The number of rotatable bonds is 3. The number of aromatic nitrogens is 1. The van der Waals surface area contributed by atoms with E-state index in [0.29, 0.717) is 12.3 Å². The fourth-order valence-electron chi connectivity index (χ4n) is 1.13. The number of hydrogen-bond acceptors (Lipinski definition) is 4. The zero-order chi connectivity index (χ0) is 12.2. The molecule has 4 nitrogen and oxygen atoms in total. The third-order valence-corrected chi connectivity index (χ3v) is 1.93. The highest BCUT2D eigenvalue weighted by Gasteiger charge is 2.16. The van der Waals surface area contributed by atoms with Gasteiger partial charge in [0.25, 0.3) is 0 Å². The average molecular weight is 223 g/mol. The van der Waals surface area contributed by atoms with E-state index in [1.807, 2.05) is 26.8 Å². The van der Waals surface area contributed by atoms with Gasteiger partial charge in [0.15, 0.2) is 5.69 Å². The Morgan fingerprint density at radius 3 is 2.69 bits per heavy atom. The van der Waals surface area contributed by atoms with Crippen LogP contribution in [0.3, 0.4) is 0 Å². The molecule has 0 aliphatic carbocycles. The molecule has 0 fully saturated rings. The molecule has 88 valence electrons. The summed E-state index contributed by atoms with van der Waals surface area (Å²) in [4.78, 5) is 15.4. The van der Waals surface area contributed by atoms with Crippen molar-refractivity contribution in [2.75, 3.05) is 7.11 Å². The van der Waals surface area contributed by atoms with Gasteiger partial charge in [-0.15, -0.1) is 0 Å². The number of pyridine rings is 1. The van der Waals surface area contributed by atoms with Crippen molar-refractivity contribution in [3.8, 4) is 0 Å². The van der Waals surface area contributed by atoms with Crippen LogP contribution in [-0.2, 0) is 16.1 Å². The molecule has 0 aliphatic rings. The molecule has 4 heteroatoms. The van der Waals surface area contributed by atoms with Gasteiger partial charge in [0.1, 0.15) is 0 Å². The summed E-state index contributed by atoms with van der Waals surface area (Å²) in [6.07, 6.45) is 1.56. The topological polar surface area (TPSA) is 48.4 Å². The summed E-state index contributed by atoms with van der Waals surface area (Å²) in [6, 6.07) is 3.58. The van der Waals surface area contributed by atoms with Gasteiger partial charge in [-0.3, -0.25) is 0 Å². The highest BCUT2D eigenvalue weighted by atomic mass is 16.5. The van der Waals surface area contributed by atoms with Gasteiger partial charge in [-0.2, -0.15) is 0 Å². The normalized spacial score (nSPS) is 11.2. The van der Waals surface area contributed by atoms with Crippen LogP contribution in [0.25, 0.3) is 0 Å². The first kappa shape index (κ1) is 12.6. The van der Waals surface area contributed by atoms with Gasteiger partial charge in [0, 0.05) is 11.8 Å². The lowest BCUT2D eigenvalue weighted by molar-refractivity contribution is -0.0156. The first-order chi connectivity index (χ1) is 7.44. The third kappa shape index (κ3) is 3.62. The molecule has 0 unspecified atom stereocenters. The van der Waals surface area contributed by atoms with Crippen molar-refractivity contribution in [1.29, 1.82) is 0 Å². The van der Waals surface area contributed by atoms with Crippen LogP contribution in [0, 0.1) is 0 Å². The van der Waals surface area contributed by atoms with Crippen LogP contribution in [0.1, 0.15) is 36.8 Å². The number of esters is 1. The van der Waals surface area contributed by atoms with Crippen molar-refractivity contribution >= 4 is 5.97 Å². The molecule has 0 N–H and O–H groups in total. The van der Waals surface area contributed by atoms with E-state index in [9.17, 15) is 4.79 Å². The van der Waals surface area contributed by atoms with Gasteiger partial charge in [-0.05, 0) is 26.8 Å². The molecule has 0 bridgehead atoms. The molecule has 1 heterocycles. The van der Waals surface area contributed by atoms with Crippen molar-refractivity contribution in [2.45, 2.75) is 33.0 Å². The molecule has 0 saturated heterocycles. The smallest absolute Gasteiger partial charge is 0.357 e. The molecule has 0 aliphatic heterocycles. The summed E-state index contributed by atoms with van der Waals surface area (Å²) >= 11 is 0. The molecule has 0 aromatic carbocycles.